The lowest BCUT2D eigenvalue weighted by Gasteiger charge is -2.36. The molecule has 0 aliphatic heterocycles. The van der Waals surface area contributed by atoms with Crippen molar-refractivity contribution in [3.8, 4) is 0 Å². The highest BCUT2D eigenvalue weighted by molar-refractivity contribution is 9.10. The molecule has 30 heavy (non-hydrogen) atoms. The lowest BCUT2D eigenvalue weighted by atomic mass is 9.85. The van der Waals surface area contributed by atoms with Crippen molar-refractivity contribution in [2.45, 2.75) is 35.9 Å². The minimum absolute atomic E-state index is 0.734. The van der Waals surface area contributed by atoms with Crippen LogP contribution < -0.4 is 0 Å². The van der Waals surface area contributed by atoms with Gasteiger partial charge in [-0.25, -0.2) is 0 Å². The van der Waals surface area contributed by atoms with E-state index in [0.717, 1.165) is 0 Å². The molecule has 0 heterocycles. The molecule has 0 amide bonds. The molecule has 2 N–H and O–H groups in total. The van der Waals surface area contributed by atoms with Crippen LogP contribution in [0.4, 0.5) is 58.4 Å². The molecule has 0 aliphatic rings. The maximum atomic E-state index is 13.0. The summed E-state index contributed by atoms with van der Waals surface area (Å²) in [6.45, 7) is 0. The number of hydrogen-bond donors (Lipinski definition) is 2. The van der Waals surface area contributed by atoms with Crippen LogP contribution in [0.1, 0.15) is 11.1 Å². The number of non-ortho nitro benzene ring substituents is 1. The zero-order valence-electron chi connectivity index (χ0n) is 13.2. The van der Waals surface area contributed by atoms with E-state index >= 15 is 0 Å². The number of rotatable bonds is 3. The number of hydrogen-bond acceptors (Lipinski definition) is 4. The summed E-state index contributed by atoms with van der Waals surface area (Å²) in [4.78, 5) is 8.84. The molecular formula is C12H4BrF12NO4. The predicted octanol–water partition coefficient (Wildman–Crippen LogP) is 4.98. The van der Waals surface area contributed by atoms with E-state index in [-0.39, 0.29) is 0 Å². The average Bonchev–Trinajstić information content (AvgIpc) is 2.48. The van der Waals surface area contributed by atoms with Crippen molar-refractivity contribution < 1.29 is 67.8 Å². The molecule has 0 saturated heterocycles. The van der Waals surface area contributed by atoms with Crippen LogP contribution in [-0.2, 0) is 11.2 Å². The largest absolute Gasteiger partial charge is 0.430 e. The number of alkyl halides is 12. The molecule has 0 bridgehead atoms. The lowest BCUT2D eigenvalue weighted by Crippen LogP contribution is -2.56. The molecule has 18 heteroatoms. The van der Waals surface area contributed by atoms with Gasteiger partial charge in [-0.1, -0.05) is 0 Å². The van der Waals surface area contributed by atoms with Crippen molar-refractivity contribution in [2.24, 2.45) is 0 Å². The average molecular weight is 534 g/mol. The van der Waals surface area contributed by atoms with Crippen LogP contribution in [0, 0.1) is 10.1 Å². The summed E-state index contributed by atoms with van der Waals surface area (Å²) in [6, 6.07) is -1.47. The van der Waals surface area contributed by atoms with Crippen molar-refractivity contribution in [3.63, 3.8) is 0 Å². The summed E-state index contributed by atoms with van der Waals surface area (Å²) in [5, 5.41) is 29.4. The fourth-order valence-corrected chi connectivity index (χ4v) is 2.98. The quantitative estimate of drug-likeness (QED) is 0.326. The lowest BCUT2D eigenvalue weighted by molar-refractivity contribution is -0.389. The number of aliphatic hydroxyl groups is 2. The Morgan fingerprint density at radius 2 is 0.933 bits per heavy atom. The summed E-state index contributed by atoms with van der Waals surface area (Å²) in [6.07, 6.45) is -27.3. The van der Waals surface area contributed by atoms with Crippen LogP contribution in [0.5, 0.6) is 0 Å². The Morgan fingerprint density at radius 1 is 0.700 bits per heavy atom. The van der Waals surface area contributed by atoms with E-state index in [0.29, 0.717) is 0 Å². The van der Waals surface area contributed by atoms with Gasteiger partial charge in [-0.3, -0.25) is 10.1 Å². The number of nitro benzene ring substituents is 1. The zero-order chi connectivity index (χ0) is 24.3. The summed E-state index contributed by atoms with van der Waals surface area (Å²) < 4.78 is 154. The van der Waals surface area contributed by atoms with Crippen LogP contribution in [-0.4, -0.2) is 39.8 Å². The molecule has 1 aromatic carbocycles. The second-order valence-electron chi connectivity index (χ2n) is 5.52. The molecule has 172 valence electrons. The third kappa shape index (κ3) is 3.79. The fourth-order valence-electron chi connectivity index (χ4n) is 2.17. The first kappa shape index (κ1) is 26.2. The molecule has 0 spiro atoms. The second kappa shape index (κ2) is 7.11. The topological polar surface area (TPSA) is 83.6 Å². The van der Waals surface area contributed by atoms with E-state index in [1.54, 1.807) is 15.9 Å². The van der Waals surface area contributed by atoms with Crippen LogP contribution in [0.3, 0.4) is 0 Å². The van der Waals surface area contributed by atoms with Crippen LogP contribution in [0.15, 0.2) is 16.6 Å². The standard InChI is InChI=1S/C12H4BrF12NO4/c13-6-4(7(27,9(14,15)16)10(17,18)19)1-3(26(29)30)2-5(6)8(28,11(20,21)22)12(23,24)25/h1-2,27-28H. The minimum Gasteiger partial charge on any atom is -0.369 e. The first-order valence-corrected chi connectivity index (χ1v) is 7.44. The molecule has 1 rings (SSSR count). The molecule has 1 aromatic rings. The van der Waals surface area contributed by atoms with Gasteiger partial charge >= 0.3 is 24.7 Å². The third-order valence-electron chi connectivity index (χ3n) is 3.69. The molecule has 0 aromatic heterocycles. The number of halogens is 13. The van der Waals surface area contributed by atoms with Gasteiger partial charge in [0, 0.05) is 27.7 Å². The highest BCUT2D eigenvalue weighted by atomic mass is 79.9. The first-order chi connectivity index (χ1) is 12.9. The summed E-state index contributed by atoms with van der Waals surface area (Å²) in [7, 11) is 0. The van der Waals surface area contributed by atoms with E-state index < -0.39 is 74.3 Å². The summed E-state index contributed by atoms with van der Waals surface area (Å²) >= 11 is 1.66. The Balaban J connectivity index is 4.30. The zero-order valence-corrected chi connectivity index (χ0v) is 14.8. The van der Waals surface area contributed by atoms with Gasteiger partial charge in [0.15, 0.2) is 0 Å². The second-order valence-corrected chi connectivity index (χ2v) is 6.32. The Hall–Kier alpha value is -1.82. The minimum atomic E-state index is -6.82. The van der Waals surface area contributed by atoms with Gasteiger partial charge in [-0.2, -0.15) is 52.7 Å². The van der Waals surface area contributed by atoms with E-state index in [1.807, 2.05) is 0 Å². The first-order valence-electron chi connectivity index (χ1n) is 6.65. The molecular weight excluding hydrogens is 530 g/mol. The highest BCUT2D eigenvalue weighted by Crippen LogP contribution is 2.57. The Morgan fingerprint density at radius 3 is 1.10 bits per heavy atom. The van der Waals surface area contributed by atoms with Gasteiger partial charge in [-0.15, -0.1) is 0 Å². The van der Waals surface area contributed by atoms with Crippen LogP contribution in [0.25, 0.3) is 0 Å². The summed E-state index contributed by atoms with van der Waals surface area (Å²) in [5.41, 5.74) is -20.1. The number of nitro groups is 1. The van der Waals surface area contributed by atoms with E-state index in [4.69, 9.17) is 0 Å². The van der Waals surface area contributed by atoms with Crippen molar-refractivity contribution in [1.82, 2.24) is 0 Å². The highest BCUT2D eigenvalue weighted by Gasteiger charge is 2.75. The van der Waals surface area contributed by atoms with Crippen molar-refractivity contribution in [2.75, 3.05) is 0 Å². The SMILES string of the molecule is O=[N+]([O-])c1cc(C(O)(C(F)(F)F)C(F)(F)F)c(Br)c(C(O)(C(F)(F)F)C(F)(F)F)c1. The van der Waals surface area contributed by atoms with Crippen molar-refractivity contribution in [3.05, 3.63) is 37.8 Å². The molecule has 5 nitrogen and oxygen atoms in total. The normalized spacial score (nSPS) is 14.8. The molecule has 0 atom stereocenters. The molecule has 0 fully saturated rings. The summed E-state index contributed by atoms with van der Waals surface area (Å²) in [5.74, 6) is 0. The monoisotopic (exact) mass is 533 g/mol. The third-order valence-corrected chi connectivity index (χ3v) is 4.54. The number of nitrogens with zero attached hydrogens (tertiary/aromatic N) is 1. The van der Waals surface area contributed by atoms with Crippen LogP contribution >= 0.6 is 15.9 Å². The van der Waals surface area contributed by atoms with Gasteiger partial charge in [0.05, 0.1) is 4.92 Å². The van der Waals surface area contributed by atoms with Crippen molar-refractivity contribution in [1.29, 1.82) is 0 Å². The van der Waals surface area contributed by atoms with Gasteiger partial charge in [0.2, 0.25) is 0 Å². The molecule has 0 saturated carbocycles. The van der Waals surface area contributed by atoms with E-state index in [2.05, 4.69) is 0 Å². The van der Waals surface area contributed by atoms with Crippen LogP contribution in [0.2, 0.25) is 0 Å². The fraction of sp³-hybridized carbons (Fsp3) is 0.500. The molecule has 0 aliphatic carbocycles. The predicted molar refractivity (Wildman–Crippen MR) is 72.8 cm³/mol. The van der Waals surface area contributed by atoms with Crippen molar-refractivity contribution >= 4 is 21.6 Å². The van der Waals surface area contributed by atoms with Gasteiger partial charge < -0.3 is 10.2 Å². The van der Waals surface area contributed by atoms with Gasteiger partial charge in [-0.05, 0) is 15.9 Å². The maximum Gasteiger partial charge on any atom is 0.430 e. The molecule has 0 radical (unpaired) electrons. The molecule has 0 unspecified atom stereocenters. The van der Waals surface area contributed by atoms with E-state index in [9.17, 15) is 73.0 Å². The van der Waals surface area contributed by atoms with Gasteiger partial charge in [0.1, 0.15) is 0 Å². The smallest absolute Gasteiger partial charge is 0.369 e. The Kier molecular flexibility index (Phi) is 6.21. The Labute approximate surface area is 164 Å². The maximum absolute atomic E-state index is 13.0. The van der Waals surface area contributed by atoms with Gasteiger partial charge in [0.25, 0.3) is 16.9 Å². The number of benzene rings is 1. The Bertz CT molecular complexity index is 755. The van der Waals surface area contributed by atoms with E-state index in [1.165, 1.54) is 0 Å².